The zero-order chi connectivity index (χ0) is 42.1. The van der Waals surface area contributed by atoms with Gasteiger partial charge in [0.15, 0.2) is 0 Å². The fraction of sp³-hybridized carbons (Fsp3) is 0. The highest BCUT2D eigenvalue weighted by molar-refractivity contribution is 7.26. The third kappa shape index (κ3) is 5.66. The number of rotatable bonds is 7. The Bertz CT molecular complexity index is 3860. The first-order chi connectivity index (χ1) is 31.8. The molecule has 0 aliphatic carbocycles. The molecule has 3 nitrogen and oxygen atoms in total. The second kappa shape index (κ2) is 14.7. The van der Waals surface area contributed by atoms with Crippen molar-refractivity contribution < 1.29 is 4.42 Å². The van der Waals surface area contributed by atoms with Crippen molar-refractivity contribution in [2.75, 3.05) is 4.90 Å². The Morgan fingerprint density at radius 1 is 0.359 bits per heavy atom. The van der Waals surface area contributed by atoms with E-state index in [0.29, 0.717) is 0 Å². The Hall–Kier alpha value is -8.18. The van der Waals surface area contributed by atoms with E-state index in [0.717, 1.165) is 55.8 Å². The van der Waals surface area contributed by atoms with Crippen LogP contribution in [0.2, 0.25) is 0 Å². The van der Waals surface area contributed by atoms with E-state index >= 15 is 0 Å². The molecule has 0 saturated heterocycles. The Labute approximate surface area is 373 Å². The molecule has 300 valence electrons. The smallest absolute Gasteiger partial charge is 0.136 e. The van der Waals surface area contributed by atoms with Gasteiger partial charge < -0.3 is 13.9 Å². The molecule has 0 spiro atoms. The number of para-hydroxylation sites is 5. The number of aromatic nitrogens is 1. The summed E-state index contributed by atoms with van der Waals surface area (Å²) in [6.07, 6.45) is 0. The van der Waals surface area contributed by atoms with Crippen molar-refractivity contribution in [1.82, 2.24) is 4.57 Å². The summed E-state index contributed by atoms with van der Waals surface area (Å²) in [5.41, 5.74) is 15.6. The van der Waals surface area contributed by atoms with Crippen LogP contribution in [-0.2, 0) is 0 Å². The van der Waals surface area contributed by atoms with E-state index < -0.39 is 0 Å². The number of benzene rings is 10. The van der Waals surface area contributed by atoms with E-state index in [1.165, 1.54) is 64.2 Å². The second-order valence-corrected chi connectivity index (χ2v) is 17.4. The van der Waals surface area contributed by atoms with Gasteiger partial charge in [-0.15, -0.1) is 11.3 Å². The molecule has 0 aliphatic rings. The number of hydrogen-bond donors (Lipinski definition) is 0. The lowest BCUT2D eigenvalue weighted by Gasteiger charge is -2.29. The average molecular weight is 835 g/mol. The summed E-state index contributed by atoms with van der Waals surface area (Å²) in [5.74, 6) is 0. The van der Waals surface area contributed by atoms with E-state index in [1.54, 1.807) is 0 Å². The van der Waals surface area contributed by atoms with Gasteiger partial charge in [0.25, 0.3) is 0 Å². The van der Waals surface area contributed by atoms with Gasteiger partial charge in [0.05, 0.1) is 28.1 Å². The van der Waals surface area contributed by atoms with Gasteiger partial charge >= 0.3 is 0 Å². The minimum absolute atomic E-state index is 0.879. The van der Waals surface area contributed by atoms with Crippen LogP contribution in [-0.4, -0.2) is 4.57 Å². The summed E-state index contributed by atoms with van der Waals surface area (Å²) in [6.45, 7) is 0. The zero-order valence-electron chi connectivity index (χ0n) is 34.7. The topological polar surface area (TPSA) is 21.3 Å². The van der Waals surface area contributed by atoms with Crippen LogP contribution in [0.3, 0.4) is 0 Å². The van der Waals surface area contributed by atoms with E-state index in [4.69, 9.17) is 4.42 Å². The first-order valence-electron chi connectivity index (χ1n) is 21.8. The van der Waals surface area contributed by atoms with Crippen LogP contribution in [0.15, 0.2) is 235 Å². The lowest BCUT2D eigenvalue weighted by molar-refractivity contribution is 0.669. The van der Waals surface area contributed by atoms with Gasteiger partial charge in [-0.05, 0) is 77.4 Å². The van der Waals surface area contributed by atoms with Gasteiger partial charge in [-0.25, -0.2) is 0 Å². The molecule has 64 heavy (non-hydrogen) atoms. The molecule has 13 aromatic rings. The first kappa shape index (κ1) is 36.5. The molecule has 0 bridgehead atoms. The Morgan fingerprint density at radius 3 is 1.75 bits per heavy atom. The molecule has 0 amide bonds. The van der Waals surface area contributed by atoms with Gasteiger partial charge in [0.2, 0.25) is 0 Å². The molecule has 10 aromatic carbocycles. The Balaban J connectivity index is 1.09. The highest BCUT2D eigenvalue weighted by Gasteiger charge is 2.25. The van der Waals surface area contributed by atoms with Crippen molar-refractivity contribution in [2.45, 2.75) is 0 Å². The third-order valence-electron chi connectivity index (χ3n) is 12.8. The Morgan fingerprint density at radius 2 is 0.953 bits per heavy atom. The number of anilines is 3. The zero-order valence-corrected chi connectivity index (χ0v) is 35.5. The minimum Gasteiger partial charge on any atom is -0.456 e. The van der Waals surface area contributed by atoms with Crippen LogP contribution in [0.25, 0.3) is 103 Å². The molecule has 0 atom stereocenters. The predicted molar refractivity (Wildman–Crippen MR) is 272 cm³/mol. The third-order valence-corrected chi connectivity index (χ3v) is 14.0. The molecule has 0 saturated carbocycles. The van der Waals surface area contributed by atoms with Crippen molar-refractivity contribution in [3.8, 4) is 39.1 Å². The molecule has 0 aliphatic heterocycles. The second-order valence-electron chi connectivity index (χ2n) is 16.4. The molecule has 0 unspecified atom stereocenters. The fourth-order valence-corrected chi connectivity index (χ4v) is 11.3. The largest absolute Gasteiger partial charge is 0.456 e. The minimum atomic E-state index is 0.879. The van der Waals surface area contributed by atoms with Crippen LogP contribution in [0.1, 0.15) is 0 Å². The van der Waals surface area contributed by atoms with Crippen molar-refractivity contribution in [2.24, 2.45) is 0 Å². The molecule has 3 aromatic heterocycles. The predicted octanol–water partition coefficient (Wildman–Crippen LogP) is 17.5. The molecule has 0 N–H and O–H groups in total. The van der Waals surface area contributed by atoms with Crippen molar-refractivity contribution >= 4 is 92.3 Å². The number of fused-ring (bicyclic) bond motifs is 9. The van der Waals surface area contributed by atoms with E-state index in [1.807, 2.05) is 17.4 Å². The molecule has 13 rings (SSSR count). The molecule has 0 radical (unpaired) electrons. The maximum Gasteiger partial charge on any atom is 0.136 e. The SMILES string of the molecule is c1ccc(-c2ccc(N(c3ccccc3-c3cccc4oc5ccccc5c34)c3ccc(-c4ccccc4-n4c5ccccc5c5ccccc54)c4sc5ccccc5c34)cc2)cc1. The van der Waals surface area contributed by atoms with Crippen LogP contribution >= 0.6 is 11.3 Å². The van der Waals surface area contributed by atoms with Gasteiger partial charge in [0.1, 0.15) is 11.2 Å². The van der Waals surface area contributed by atoms with Crippen molar-refractivity contribution in [3.63, 3.8) is 0 Å². The van der Waals surface area contributed by atoms with Gasteiger partial charge in [-0.1, -0.05) is 170 Å². The van der Waals surface area contributed by atoms with Crippen LogP contribution in [0, 0.1) is 0 Å². The summed E-state index contributed by atoms with van der Waals surface area (Å²) in [7, 11) is 0. The van der Waals surface area contributed by atoms with E-state index in [-0.39, 0.29) is 0 Å². The normalized spacial score (nSPS) is 11.8. The summed E-state index contributed by atoms with van der Waals surface area (Å²) in [5, 5.41) is 7.19. The molecular weight excluding hydrogens is 797 g/mol. The maximum atomic E-state index is 6.46. The highest BCUT2D eigenvalue weighted by Crippen LogP contribution is 2.52. The summed E-state index contributed by atoms with van der Waals surface area (Å²) in [4.78, 5) is 2.48. The molecule has 4 heteroatoms. The van der Waals surface area contributed by atoms with Crippen LogP contribution in [0.4, 0.5) is 17.1 Å². The highest BCUT2D eigenvalue weighted by atomic mass is 32.1. The van der Waals surface area contributed by atoms with E-state index in [9.17, 15) is 0 Å². The summed E-state index contributed by atoms with van der Waals surface area (Å²) in [6, 6.07) is 83.4. The van der Waals surface area contributed by atoms with Gasteiger partial charge in [0, 0.05) is 64.1 Å². The maximum absolute atomic E-state index is 6.46. The van der Waals surface area contributed by atoms with Gasteiger partial charge in [-0.2, -0.15) is 0 Å². The quantitative estimate of drug-likeness (QED) is 0.159. The number of thiophene rings is 1. The standard InChI is InChI=1S/C60H38N2OS/c1-2-17-39(18-3-1)40-33-35-41(36-34-40)61(50-26-10-6-21-44(50)46-25-16-31-56-58(46)48-23-8-14-30-55(48)63-56)54-38-37-47(60-59(54)49-24-9-15-32-57(49)64-60)45-22-7-13-29-53(45)62-51-27-11-4-19-42(51)43-20-5-12-28-52(43)62/h1-38H. The lowest BCUT2D eigenvalue weighted by atomic mass is 9.95. The molecular formula is C60H38N2OS. The molecule has 3 heterocycles. The molecule has 0 fully saturated rings. The number of hydrogen-bond acceptors (Lipinski definition) is 3. The summed E-state index contributed by atoms with van der Waals surface area (Å²) >= 11 is 1.87. The van der Waals surface area contributed by atoms with E-state index in [2.05, 4.69) is 234 Å². The Kier molecular flexibility index (Phi) is 8.40. The monoisotopic (exact) mass is 834 g/mol. The van der Waals surface area contributed by atoms with Crippen molar-refractivity contribution in [3.05, 3.63) is 231 Å². The lowest BCUT2D eigenvalue weighted by Crippen LogP contribution is -2.12. The van der Waals surface area contributed by atoms with Crippen molar-refractivity contribution in [1.29, 1.82) is 0 Å². The van der Waals surface area contributed by atoms with Crippen LogP contribution < -0.4 is 4.90 Å². The number of nitrogens with zero attached hydrogens (tertiary/aromatic N) is 2. The fourth-order valence-electron chi connectivity index (χ4n) is 10.0. The average Bonchev–Trinajstić information content (AvgIpc) is 4.05. The summed E-state index contributed by atoms with van der Waals surface area (Å²) < 4.78 is 11.4. The van der Waals surface area contributed by atoms with Crippen LogP contribution in [0.5, 0.6) is 0 Å². The van der Waals surface area contributed by atoms with Gasteiger partial charge in [-0.3, -0.25) is 0 Å². The number of furan rings is 1. The first-order valence-corrected chi connectivity index (χ1v) is 22.6.